The fourth-order valence-electron chi connectivity index (χ4n) is 2.47. The lowest BCUT2D eigenvalue weighted by molar-refractivity contribution is -0.267. The molecule has 1 aromatic carbocycles. The van der Waals surface area contributed by atoms with Crippen LogP contribution in [0.3, 0.4) is 0 Å². The van der Waals surface area contributed by atoms with Crippen LogP contribution >= 0.6 is 11.3 Å². The fourth-order valence-corrected chi connectivity index (χ4v) is 3.39. The maximum Gasteiger partial charge on any atom is 0.424 e. The van der Waals surface area contributed by atoms with Crippen molar-refractivity contribution in [2.24, 2.45) is 0 Å². The minimum Gasteiger partial charge on any atom is -0.496 e. The van der Waals surface area contributed by atoms with E-state index in [0.29, 0.717) is 22.6 Å². The predicted molar refractivity (Wildman–Crippen MR) is 97.6 cm³/mol. The molecule has 0 saturated carbocycles. The van der Waals surface area contributed by atoms with Crippen molar-refractivity contribution in [2.75, 3.05) is 14.2 Å². The number of alkyl halides is 3. The van der Waals surface area contributed by atoms with Gasteiger partial charge in [0.15, 0.2) is 0 Å². The number of ether oxygens (including phenoxy) is 2. The second kappa shape index (κ2) is 8.78. The topological polar surface area (TPSA) is 97.8 Å². The standard InChI is InChI=1S/C18H19F3N2O5S/c1-10-9-29-16(23-10)17(26,18(19,20)21)7-14(24)22-8-11-4-5-13(27-2)12(6-11)15(25)28-3/h4-6,9,26H,7-8H2,1-3H3,(H,22,24). The monoisotopic (exact) mass is 432 g/mol. The van der Waals surface area contributed by atoms with Gasteiger partial charge in [-0.15, -0.1) is 11.3 Å². The first-order valence-corrected chi connectivity index (χ1v) is 9.13. The molecule has 0 spiro atoms. The first-order chi connectivity index (χ1) is 13.5. The van der Waals surface area contributed by atoms with Gasteiger partial charge in [-0.2, -0.15) is 13.2 Å². The van der Waals surface area contributed by atoms with Gasteiger partial charge in [0.25, 0.3) is 0 Å². The Morgan fingerprint density at radius 1 is 1.28 bits per heavy atom. The number of halogens is 3. The van der Waals surface area contributed by atoms with Crippen LogP contribution in [0.25, 0.3) is 0 Å². The highest BCUT2D eigenvalue weighted by Crippen LogP contribution is 2.42. The van der Waals surface area contributed by atoms with Gasteiger partial charge in [-0.1, -0.05) is 6.07 Å². The number of nitrogens with zero attached hydrogens (tertiary/aromatic N) is 1. The van der Waals surface area contributed by atoms with Crippen LogP contribution in [0.4, 0.5) is 13.2 Å². The van der Waals surface area contributed by atoms with Crippen LogP contribution < -0.4 is 10.1 Å². The summed E-state index contributed by atoms with van der Waals surface area (Å²) in [6.07, 6.45) is -6.34. The number of benzene rings is 1. The molecule has 0 bridgehead atoms. The second-order valence-corrected chi connectivity index (χ2v) is 6.99. The number of thiazole rings is 1. The Morgan fingerprint density at radius 2 is 1.97 bits per heavy atom. The number of hydrogen-bond donors (Lipinski definition) is 2. The number of hydrogen-bond acceptors (Lipinski definition) is 7. The zero-order chi connectivity index (χ0) is 21.8. The third-order valence-electron chi connectivity index (χ3n) is 4.02. The number of rotatable bonds is 7. The molecule has 0 radical (unpaired) electrons. The first-order valence-electron chi connectivity index (χ1n) is 8.25. The molecule has 2 rings (SSSR count). The Morgan fingerprint density at radius 3 is 2.48 bits per heavy atom. The molecule has 7 nitrogen and oxygen atoms in total. The van der Waals surface area contributed by atoms with Gasteiger partial charge in [-0.25, -0.2) is 9.78 Å². The van der Waals surface area contributed by atoms with Gasteiger partial charge in [0.2, 0.25) is 11.5 Å². The van der Waals surface area contributed by atoms with Crippen LogP contribution in [0.2, 0.25) is 0 Å². The maximum absolute atomic E-state index is 13.5. The highest BCUT2D eigenvalue weighted by atomic mass is 32.1. The lowest BCUT2D eigenvalue weighted by Gasteiger charge is -2.27. The molecular formula is C18H19F3N2O5S. The predicted octanol–water partition coefficient (Wildman–Crippen LogP) is 2.70. The minimum absolute atomic E-state index is 0.104. The summed E-state index contributed by atoms with van der Waals surface area (Å²) in [5.74, 6) is -1.45. The first kappa shape index (κ1) is 22.6. The van der Waals surface area contributed by atoms with Gasteiger partial charge in [-0.05, 0) is 24.6 Å². The lowest BCUT2D eigenvalue weighted by atomic mass is 9.99. The average Bonchev–Trinajstić information content (AvgIpc) is 3.11. The molecule has 29 heavy (non-hydrogen) atoms. The Balaban J connectivity index is 2.15. The summed E-state index contributed by atoms with van der Waals surface area (Å²) in [7, 11) is 2.55. The second-order valence-electron chi connectivity index (χ2n) is 6.13. The zero-order valence-electron chi connectivity index (χ0n) is 15.8. The van der Waals surface area contributed by atoms with E-state index in [0.717, 1.165) is 0 Å². The van der Waals surface area contributed by atoms with E-state index in [1.807, 2.05) is 0 Å². The molecule has 0 aliphatic rings. The molecule has 1 amide bonds. The smallest absolute Gasteiger partial charge is 0.424 e. The van der Waals surface area contributed by atoms with Crippen LogP contribution in [0, 0.1) is 6.92 Å². The van der Waals surface area contributed by atoms with Crippen molar-refractivity contribution in [1.29, 1.82) is 0 Å². The SMILES string of the molecule is COC(=O)c1cc(CNC(=O)CC(O)(c2nc(C)cs2)C(F)(F)F)ccc1OC. The van der Waals surface area contributed by atoms with E-state index in [4.69, 9.17) is 4.74 Å². The lowest BCUT2D eigenvalue weighted by Crippen LogP contribution is -2.46. The van der Waals surface area contributed by atoms with E-state index in [1.165, 1.54) is 44.7 Å². The van der Waals surface area contributed by atoms with Crippen LogP contribution in [-0.2, 0) is 21.7 Å². The van der Waals surface area contributed by atoms with Gasteiger partial charge in [-0.3, -0.25) is 4.79 Å². The number of carbonyl (C=O) groups excluding carboxylic acids is 2. The quantitative estimate of drug-likeness (QED) is 0.653. The third kappa shape index (κ3) is 5.04. The molecule has 0 saturated heterocycles. The summed E-state index contributed by atoms with van der Waals surface area (Å²) in [6.45, 7) is 1.32. The largest absolute Gasteiger partial charge is 0.496 e. The maximum atomic E-state index is 13.5. The number of aryl methyl sites for hydroxylation is 1. The van der Waals surface area contributed by atoms with E-state index in [-0.39, 0.29) is 17.9 Å². The van der Waals surface area contributed by atoms with Crippen LogP contribution in [0.1, 0.15) is 33.0 Å². The fraction of sp³-hybridized carbons (Fsp3) is 0.389. The minimum atomic E-state index is -5.09. The highest BCUT2D eigenvalue weighted by Gasteiger charge is 2.58. The highest BCUT2D eigenvalue weighted by molar-refractivity contribution is 7.09. The Hall–Kier alpha value is -2.66. The van der Waals surface area contributed by atoms with Crippen molar-refractivity contribution in [3.05, 3.63) is 45.4 Å². The molecule has 0 fully saturated rings. The summed E-state index contributed by atoms with van der Waals surface area (Å²) in [5.41, 5.74) is -2.55. The van der Waals surface area contributed by atoms with E-state index in [1.54, 1.807) is 0 Å². The van der Waals surface area contributed by atoms with Gasteiger partial charge in [0.05, 0.1) is 20.6 Å². The zero-order valence-corrected chi connectivity index (χ0v) is 16.6. The molecule has 1 unspecified atom stereocenters. The molecule has 2 N–H and O–H groups in total. The molecule has 1 heterocycles. The number of aliphatic hydroxyl groups is 1. The van der Waals surface area contributed by atoms with E-state index >= 15 is 0 Å². The molecule has 2 aromatic rings. The molecule has 0 aliphatic heterocycles. The van der Waals surface area contributed by atoms with Gasteiger partial charge < -0.3 is 19.9 Å². The third-order valence-corrected chi connectivity index (χ3v) is 5.13. The summed E-state index contributed by atoms with van der Waals surface area (Å²) in [4.78, 5) is 27.6. The van der Waals surface area contributed by atoms with Crippen molar-refractivity contribution < 1.29 is 37.3 Å². The molecule has 0 aliphatic carbocycles. The number of esters is 1. The Kier molecular flexibility index (Phi) is 6.85. The number of methoxy groups -OCH3 is 2. The van der Waals surface area contributed by atoms with Crippen LogP contribution in [0.5, 0.6) is 5.75 Å². The van der Waals surface area contributed by atoms with Crippen LogP contribution in [0.15, 0.2) is 23.6 Å². The Labute approximate surface area is 168 Å². The molecule has 1 aromatic heterocycles. The molecule has 11 heteroatoms. The van der Waals surface area contributed by atoms with Crippen molar-refractivity contribution in [2.45, 2.75) is 31.7 Å². The summed E-state index contributed by atoms with van der Waals surface area (Å²) >= 11 is 0.625. The number of amides is 1. The normalized spacial score (nSPS) is 13.5. The molecule has 158 valence electrons. The summed E-state index contributed by atoms with van der Waals surface area (Å²) in [6, 6.07) is 4.40. The van der Waals surface area contributed by atoms with Gasteiger partial charge >= 0.3 is 12.1 Å². The van der Waals surface area contributed by atoms with Crippen molar-refractivity contribution >= 4 is 23.2 Å². The van der Waals surface area contributed by atoms with E-state index in [9.17, 15) is 27.9 Å². The number of carbonyl (C=O) groups is 2. The van der Waals surface area contributed by atoms with Crippen LogP contribution in [-0.4, -0.2) is 42.4 Å². The number of aromatic nitrogens is 1. The summed E-state index contributed by atoms with van der Waals surface area (Å²) in [5, 5.41) is 13.3. The van der Waals surface area contributed by atoms with E-state index < -0.39 is 35.1 Å². The van der Waals surface area contributed by atoms with E-state index in [2.05, 4.69) is 15.0 Å². The average molecular weight is 432 g/mol. The van der Waals surface area contributed by atoms with Gasteiger partial charge in [0, 0.05) is 17.6 Å². The van der Waals surface area contributed by atoms with Crippen molar-refractivity contribution in [3.8, 4) is 5.75 Å². The summed E-state index contributed by atoms with van der Waals surface area (Å²) < 4.78 is 50.1. The molecule has 1 atom stereocenters. The van der Waals surface area contributed by atoms with Crippen molar-refractivity contribution in [3.63, 3.8) is 0 Å². The Bertz CT molecular complexity index is 900. The molecular weight excluding hydrogens is 413 g/mol. The van der Waals surface area contributed by atoms with Crippen molar-refractivity contribution in [1.82, 2.24) is 10.3 Å². The van der Waals surface area contributed by atoms with Gasteiger partial charge in [0.1, 0.15) is 16.3 Å². The number of nitrogens with one attached hydrogen (secondary N) is 1.